The van der Waals surface area contributed by atoms with E-state index in [0.717, 1.165) is 69.8 Å². The van der Waals surface area contributed by atoms with Crippen LogP contribution in [0.15, 0.2) is 12.2 Å². The predicted molar refractivity (Wildman–Crippen MR) is 158 cm³/mol. The second-order valence-electron chi connectivity index (χ2n) is 16.4. The summed E-state index contributed by atoms with van der Waals surface area (Å²) >= 11 is 0. The van der Waals surface area contributed by atoms with Gasteiger partial charge in [-0.25, -0.2) is 0 Å². The maximum atomic E-state index is 12.9. The van der Waals surface area contributed by atoms with E-state index in [9.17, 15) is 19.5 Å². The minimum absolute atomic E-state index is 0.0886. The number of carboxylic acids is 2. The van der Waals surface area contributed by atoms with Gasteiger partial charge < -0.3 is 14.9 Å². The molecule has 6 heteroatoms. The molecule has 5 rings (SSSR count). The third-order valence-corrected chi connectivity index (χ3v) is 14.6. The van der Waals surface area contributed by atoms with Gasteiger partial charge >= 0.3 is 17.9 Å². The molecule has 5 fully saturated rings. The Balaban J connectivity index is 1.43. The first-order chi connectivity index (χ1) is 19.0. The Kier molecular flexibility index (Phi) is 7.34. The van der Waals surface area contributed by atoms with Crippen LogP contribution in [0, 0.1) is 62.6 Å². The quantitative estimate of drug-likeness (QED) is 0.250. The van der Waals surface area contributed by atoms with Crippen molar-refractivity contribution in [3.63, 3.8) is 0 Å². The predicted octanol–water partition coefficient (Wildman–Crippen LogP) is 7.75. The molecule has 0 aromatic heterocycles. The fourth-order valence-electron chi connectivity index (χ4n) is 12.3. The van der Waals surface area contributed by atoms with E-state index in [4.69, 9.17) is 9.84 Å². The monoisotopic (exact) mass is 570 g/mol. The Morgan fingerprint density at radius 3 is 2.15 bits per heavy atom. The van der Waals surface area contributed by atoms with Crippen molar-refractivity contribution in [1.82, 2.24) is 0 Å². The van der Waals surface area contributed by atoms with Crippen molar-refractivity contribution in [2.45, 2.75) is 125 Å². The number of allylic oxidation sites excluding steroid dienone is 1. The molecule has 0 bridgehead atoms. The molecule has 0 aromatic rings. The van der Waals surface area contributed by atoms with Crippen molar-refractivity contribution in [2.24, 2.45) is 62.6 Å². The van der Waals surface area contributed by atoms with Gasteiger partial charge in [0.1, 0.15) is 6.10 Å². The van der Waals surface area contributed by atoms with Crippen molar-refractivity contribution < 1.29 is 29.3 Å². The Bertz CT molecular complexity index is 1130. The normalized spacial score (nSPS) is 47.1. The third kappa shape index (κ3) is 4.18. The smallest absolute Gasteiger partial charge is 0.309 e. The highest BCUT2D eigenvalue weighted by atomic mass is 16.5. The summed E-state index contributed by atoms with van der Waals surface area (Å²) in [5.41, 5.74) is 0.698. The van der Waals surface area contributed by atoms with E-state index in [0.29, 0.717) is 23.7 Å². The SMILES string of the molecule is C=C(C)[C@@H]1CC[C@]2(C(=O)O)CC[C@]3(C)[C@H](CC[C@@H]4[C@@]5(C)CC[C@H](OC(=O)[C@H](C)CC(=O)O)C(C)(C)[C@@H]5CC[C@]43C)[C@@H]12. The summed E-state index contributed by atoms with van der Waals surface area (Å²) in [6, 6.07) is 0. The molecule has 6 nitrogen and oxygen atoms in total. The van der Waals surface area contributed by atoms with E-state index < -0.39 is 29.2 Å². The molecule has 0 unspecified atom stereocenters. The Morgan fingerprint density at radius 2 is 1.54 bits per heavy atom. The van der Waals surface area contributed by atoms with Crippen molar-refractivity contribution >= 4 is 17.9 Å². The van der Waals surface area contributed by atoms with Crippen molar-refractivity contribution in [2.75, 3.05) is 0 Å². The van der Waals surface area contributed by atoms with E-state index in [-0.39, 0.29) is 40.1 Å². The molecule has 11 atom stereocenters. The third-order valence-electron chi connectivity index (χ3n) is 14.6. The zero-order valence-corrected chi connectivity index (χ0v) is 26.6. The molecule has 5 aliphatic rings. The average Bonchev–Trinajstić information content (AvgIpc) is 3.27. The summed E-state index contributed by atoms with van der Waals surface area (Å²) in [5.74, 6) is -0.766. The highest BCUT2D eigenvalue weighted by molar-refractivity contribution is 5.79. The van der Waals surface area contributed by atoms with Gasteiger partial charge in [-0.3, -0.25) is 14.4 Å². The van der Waals surface area contributed by atoms with Crippen LogP contribution in [0.25, 0.3) is 0 Å². The van der Waals surface area contributed by atoms with Crippen LogP contribution in [-0.2, 0) is 19.1 Å². The molecule has 0 saturated heterocycles. The number of carbonyl (C=O) groups is 3. The second-order valence-corrected chi connectivity index (χ2v) is 16.4. The molecule has 5 saturated carbocycles. The number of carbonyl (C=O) groups excluding carboxylic acids is 1. The van der Waals surface area contributed by atoms with E-state index in [2.05, 4.69) is 48.1 Å². The van der Waals surface area contributed by atoms with Crippen LogP contribution in [0.2, 0.25) is 0 Å². The Hall–Kier alpha value is -1.85. The Morgan fingerprint density at radius 1 is 0.854 bits per heavy atom. The minimum Gasteiger partial charge on any atom is -0.481 e. The number of hydrogen-bond donors (Lipinski definition) is 2. The first-order valence-electron chi connectivity index (χ1n) is 16.3. The van der Waals surface area contributed by atoms with Gasteiger partial charge in [-0.05, 0) is 117 Å². The van der Waals surface area contributed by atoms with Gasteiger partial charge in [0.05, 0.1) is 17.8 Å². The highest BCUT2D eigenvalue weighted by Gasteiger charge is 2.72. The number of fused-ring (bicyclic) bond motifs is 7. The molecular formula is C35H54O6. The second kappa shape index (κ2) is 9.84. The van der Waals surface area contributed by atoms with Gasteiger partial charge in [0.2, 0.25) is 0 Å². The first-order valence-corrected chi connectivity index (χ1v) is 16.3. The largest absolute Gasteiger partial charge is 0.481 e. The number of esters is 1. The fourth-order valence-corrected chi connectivity index (χ4v) is 12.3. The zero-order chi connectivity index (χ0) is 30.3. The average molecular weight is 571 g/mol. The van der Waals surface area contributed by atoms with Gasteiger partial charge in [-0.2, -0.15) is 0 Å². The number of rotatable bonds is 6. The fraction of sp³-hybridized carbons (Fsp3) is 0.857. The van der Waals surface area contributed by atoms with Gasteiger partial charge in [-0.1, -0.05) is 53.7 Å². The summed E-state index contributed by atoms with van der Waals surface area (Å²) in [6.45, 7) is 20.2. The maximum absolute atomic E-state index is 12.9. The molecule has 2 N–H and O–H groups in total. The molecule has 0 heterocycles. The molecular weight excluding hydrogens is 516 g/mol. The summed E-state index contributed by atoms with van der Waals surface area (Å²) < 4.78 is 6.08. The van der Waals surface area contributed by atoms with Gasteiger partial charge in [0.15, 0.2) is 0 Å². The molecule has 0 amide bonds. The molecule has 41 heavy (non-hydrogen) atoms. The summed E-state index contributed by atoms with van der Waals surface area (Å²) in [4.78, 5) is 36.9. The molecule has 0 aliphatic heterocycles. The maximum Gasteiger partial charge on any atom is 0.309 e. The van der Waals surface area contributed by atoms with Crippen LogP contribution >= 0.6 is 0 Å². The summed E-state index contributed by atoms with van der Waals surface area (Å²) in [6.07, 6.45) is 9.34. The molecule has 0 radical (unpaired) electrons. The Labute approximate surface area is 247 Å². The first kappa shape index (κ1) is 30.6. The van der Waals surface area contributed by atoms with Crippen molar-refractivity contribution in [3.8, 4) is 0 Å². The zero-order valence-electron chi connectivity index (χ0n) is 26.6. The van der Waals surface area contributed by atoms with Crippen LogP contribution < -0.4 is 0 Å². The summed E-state index contributed by atoms with van der Waals surface area (Å²) in [5, 5.41) is 19.8. The molecule has 230 valence electrons. The van der Waals surface area contributed by atoms with E-state index in [1.165, 1.54) is 0 Å². The standard InChI is InChI=1S/C35H54O6/c1-20(2)22-11-16-35(30(39)40)18-17-33(7)23(28(22)35)9-10-25-32(6)14-13-26(41-29(38)21(3)19-27(36)37)31(4,5)24(32)12-15-34(25,33)8/h21-26,28H,1,9-19H2,2-8H3,(H,36,37)(H,39,40)/t21-,22+,23-,24+,25-,26+,28-,32+,33-,34-,35+/m1/s1. The lowest BCUT2D eigenvalue weighted by molar-refractivity contribution is -0.250. The number of ether oxygens (including phenoxy) is 1. The summed E-state index contributed by atoms with van der Waals surface area (Å²) in [7, 11) is 0. The lowest BCUT2D eigenvalue weighted by Crippen LogP contribution is -2.67. The van der Waals surface area contributed by atoms with Gasteiger partial charge in [-0.15, -0.1) is 0 Å². The topological polar surface area (TPSA) is 101 Å². The van der Waals surface area contributed by atoms with Gasteiger partial charge in [0, 0.05) is 5.41 Å². The van der Waals surface area contributed by atoms with E-state index in [1.54, 1.807) is 6.92 Å². The number of hydrogen-bond acceptors (Lipinski definition) is 4. The van der Waals surface area contributed by atoms with E-state index >= 15 is 0 Å². The van der Waals surface area contributed by atoms with Gasteiger partial charge in [0.25, 0.3) is 0 Å². The number of carboxylic acid groups (broad SMARTS) is 2. The van der Waals surface area contributed by atoms with Crippen LogP contribution in [0.5, 0.6) is 0 Å². The molecule has 0 spiro atoms. The van der Waals surface area contributed by atoms with Crippen molar-refractivity contribution in [3.05, 3.63) is 12.2 Å². The molecule has 0 aromatic carbocycles. The molecule has 5 aliphatic carbocycles. The highest BCUT2D eigenvalue weighted by Crippen LogP contribution is 2.77. The van der Waals surface area contributed by atoms with Crippen molar-refractivity contribution in [1.29, 1.82) is 0 Å². The number of aliphatic carboxylic acids is 2. The van der Waals surface area contributed by atoms with Crippen LogP contribution in [0.1, 0.15) is 119 Å². The van der Waals surface area contributed by atoms with Crippen LogP contribution in [-0.4, -0.2) is 34.2 Å². The lowest BCUT2D eigenvalue weighted by Gasteiger charge is -2.72. The van der Waals surface area contributed by atoms with E-state index in [1.807, 2.05) is 0 Å². The lowest BCUT2D eigenvalue weighted by atomic mass is 9.32. The van der Waals surface area contributed by atoms with Crippen LogP contribution in [0.4, 0.5) is 0 Å². The minimum atomic E-state index is -0.976. The van der Waals surface area contributed by atoms with Crippen LogP contribution in [0.3, 0.4) is 0 Å².